The zero-order chi connectivity index (χ0) is 20.9. The molecule has 1 heterocycles. The van der Waals surface area contributed by atoms with Gasteiger partial charge in [-0.05, 0) is 33.1 Å². The fourth-order valence-electron chi connectivity index (χ4n) is 3.70. The smallest absolute Gasteiger partial charge is 0.320 e. The molecule has 1 aliphatic rings. The summed E-state index contributed by atoms with van der Waals surface area (Å²) in [5.41, 5.74) is 6.88. The van der Waals surface area contributed by atoms with Crippen LogP contribution in [0.1, 0.15) is 16.7 Å². The molecule has 0 spiro atoms. The van der Waals surface area contributed by atoms with Crippen molar-refractivity contribution in [1.29, 1.82) is 0 Å². The second kappa shape index (κ2) is 9.18. The maximum absolute atomic E-state index is 3.85. The van der Waals surface area contributed by atoms with Gasteiger partial charge in [-0.2, -0.15) is 0 Å². The normalized spacial score (nSPS) is 13.8. The van der Waals surface area contributed by atoms with Gasteiger partial charge in [0.05, 0.1) is 0 Å². The monoisotopic (exact) mass is 387 g/mol. The van der Waals surface area contributed by atoms with Gasteiger partial charge >= 0.3 is 20.9 Å². The average Bonchev–Trinajstić information content (AvgIpc) is 2.84. The molecular formula is C24H24B3N3. The first-order valence-electron chi connectivity index (χ1n) is 10.2. The highest BCUT2D eigenvalue weighted by molar-refractivity contribution is 6.99. The summed E-state index contributed by atoms with van der Waals surface area (Å²) in [6.07, 6.45) is 5.59. The molecule has 0 radical (unpaired) electrons. The Bertz CT molecular complexity index is 888. The second-order valence-electron chi connectivity index (χ2n) is 7.41. The van der Waals surface area contributed by atoms with Gasteiger partial charge in [0.2, 0.25) is 0 Å². The molecule has 0 unspecified atom stereocenters. The maximum Gasteiger partial charge on any atom is 0.320 e. The van der Waals surface area contributed by atoms with E-state index < -0.39 is 0 Å². The van der Waals surface area contributed by atoms with Gasteiger partial charge in [0, 0.05) is 0 Å². The Balaban J connectivity index is 1.65. The molecule has 3 aromatic carbocycles. The van der Waals surface area contributed by atoms with Crippen LogP contribution in [0, 0.1) is 0 Å². The topological polar surface area (TPSA) is 36.1 Å². The summed E-state index contributed by atoms with van der Waals surface area (Å²) in [4.78, 5) is 0. The van der Waals surface area contributed by atoms with Crippen molar-refractivity contribution in [3.05, 3.63) is 109 Å². The quantitative estimate of drug-likeness (QED) is 0.566. The Morgan fingerprint density at radius 3 is 0.867 bits per heavy atom. The first kappa shape index (κ1) is 20.2. The minimum Gasteiger partial charge on any atom is -0.363 e. The average molecular weight is 387 g/mol. The first-order chi connectivity index (χ1) is 14.7. The zero-order valence-electron chi connectivity index (χ0n) is 17.0. The van der Waals surface area contributed by atoms with Gasteiger partial charge in [0.1, 0.15) is 0 Å². The van der Waals surface area contributed by atoms with E-state index in [1.807, 2.05) is 18.2 Å². The zero-order valence-corrected chi connectivity index (χ0v) is 17.0. The summed E-state index contributed by atoms with van der Waals surface area (Å²) >= 11 is 0. The lowest BCUT2D eigenvalue weighted by Crippen LogP contribution is -2.83. The van der Waals surface area contributed by atoms with Crippen LogP contribution in [-0.4, -0.2) is 20.9 Å². The molecule has 1 aliphatic heterocycles. The Hall–Kier alpha value is -3.05. The van der Waals surface area contributed by atoms with Crippen LogP contribution in [0.4, 0.5) is 0 Å². The minimum atomic E-state index is -0.00160. The lowest BCUT2D eigenvalue weighted by molar-refractivity contribution is 1.19. The van der Waals surface area contributed by atoms with E-state index >= 15 is 0 Å². The molecule has 3 nitrogen and oxygen atoms in total. The molecule has 0 aromatic heterocycles. The number of nitrogens with one attached hydrogen (secondary N) is 3. The highest BCUT2D eigenvalue weighted by Gasteiger charge is 2.37. The van der Waals surface area contributed by atoms with E-state index in [9.17, 15) is 0 Å². The lowest BCUT2D eigenvalue weighted by atomic mass is 9.43. The van der Waals surface area contributed by atoms with E-state index in [0.29, 0.717) is 0 Å². The third kappa shape index (κ3) is 4.41. The summed E-state index contributed by atoms with van der Waals surface area (Å²) in [6.45, 7) is 11.5. The molecule has 0 aliphatic carbocycles. The number of hydrogen-bond acceptors (Lipinski definition) is 3. The predicted octanol–water partition coefficient (Wildman–Crippen LogP) is 1.88. The van der Waals surface area contributed by atoms with Gasteiger partial charge in [-0.3, -0.25) is 0 Å². The maximum atomic E-state index is 3.85. The Kier molecular flexibility index (Phi) is 6.19. The molecule has 1 saturated heterocycles. The van der Waals surface area contributed by atoms with Crippen molar-refractivity contribution in [1.82, 2.24) is 15.4 Å². The van der Waals surface area contributed by atoms with Crippen LogP contribution >= 0.6 is 0 Å². The van der Waals surface area contributed by atoms with E-state index in [-0.39, 0.29) is 20.9 Å². The number of rotatable bonds is 6. The van der Waals surface area contributed by atoms with Crippen LogP contribution in [0.15, 0.2) is 92.5 Å². The molecule has 0 saturated carbocycles. The van der Waals surface area contributed by atoms with Crippen molar-refractivity contribution < 1.29 is 0 Å². The fourth-order valence-corrected chi connectivity index (χ4v) is 3.70. The predicted molar refractivity (Wildman–Crippen MR) is 135 cm³/mol. The van der Waals surface area contributed by atoms with E-state index in [1.165, 1.54) is 16.4 Å². The van der Waals surface area contributed by atoms with Gasteiger partial charge in [-0.25, -0.2) is 0 Å². The van der Waals surface area contributed by atoms with Crippen LogP contribution in [0.25, 0.3) is 18.2 Å². The summed E-state index contributed by atoms with van der Waals surface area (Å²) < 4.78 is 0. The minimum absolute atomic E-state index is 0.00160. The number of hydrogen-bond donors (Lipinski definition) is 3. The molecule has 3 N–H and O–H groups in total. The molecule has 144 valence electrons. The fraction of sp³-hybridized carbons (Fsp3) is 0. The van der Waals surface area contributed by atoms with Crippen LogP contribution in [0.5, 0.6) is 0 Å². The molecule has 0 atom stereocenters. The van der Waals surface area contributed by atoms with Crippen molar-refractivity contribution in [2.45, 2.75) is 0 Å². The van der Waals surface area contributed by atoms with Crippen molar-refractivity contribution in [2.24, 2.45) is 0 Å². The van der Waals surface area contributed by atoms with Crippen LogP contribution < -0.4 is 31.8 Å². The van der Waals surface area contributed by atoms with Gasteiger partial charge in [0.15, 0.2) is 0 Å². The van der Waals surface area contributed by atoms with Gasteiger partial charge < -0.3 is 15.4 Å². The lowest BCUT2D eigenvalue weighted by Gasteiger charge is -2.34. The molecule has 3 aromatic rings. The van der Waals surface area contributed by atoms with Gasteiger partial charge in [0.25, 0.3) is 0 Å². The van der Waals surface area contributed by atoms with Gasteiger partial charge in [-0.1, -0.05) is 111 Å². The number of benzene rings is 3. The van der Waals surface area contributed by atoms with Crippen LogP contribution in [0.3, 0.4) is 0 Å². The van der Waals surface area contributed by atoms with E-state index in [1.54, 1.807) is 0 Å². The third-order valence-electron chi connectivity index (χ3n) is 5.52. The second-order valence-corrected chi connectivity index (χ2v) is 7.41. The van der Waals surface area contributed by atoms with E-state index in [0.717, 1.165) is 16.7 Å². The standard InChI is InChI=1S/C24H24B3N3/c1-4-19-7-13-22(14-8-19)25-28-26(23-15-9-20(5-2)10-16-23)30-27(29-25)24-17-11-21(6-3)12-18-24/h4-18,28-30H,1-3H2. The SMILES string of the molecule is C=Cc1ccc(B2NB(c3ccc(C=C)cc3)NB(c3ccc(C=C)cc3)N2)cc1. The van der Waals surface area contributed by atoms with Gasteiger partial charge in [-0.15, -0.1) is 0 Å². The molecule has 1 fully saturated rings. The largest absolute Gasteiger partial charge is 0.363 e. The Morgan fingerprint density at radius 2 is 0.667 bits per heavy atom. The summed E-state index contributed by atoms with van der Waals surface area (Å²) in [7, 11) is 0. The summed E-state index contributed by atoms with van der Waals surface area (Å²) in [5.74, 6) is 0. The van der Waals surface area contributed by atoms with Crippen molar-refractivity contribution in [2.75, 3.05) is 0 Å². The first-order valence-corrected chi connectivity index (χ1v) is 10.2. The summed E-state index contributed by atoms with van der Waals surface area (Å²) in [5, 5.41) is 11.1. The molecule has 4 rings (SSSR count). The molecule has 6 heteroatoms. The molecular weight excluding hydrogens is 363 g/mol. The Labute approximate surface area is 180 Å². The van der Waals surface area contributed by atoms with Crippen molar-refractivity contribution in [3.63, 3.8) is 0 Å². The van der Waals surface area contributed by atoms with Crippen molar-refractivity contribution in [3.8, 4) is 0 Å². The highest BCUT2D eigenvalue weighted by Crippen LogP contribution is 2.03. The highest BCUT2D eigenvalue weighted by atomic mass is 15.1. The third-order valence-corrected chi connectivity index (χ3v) is 5.52. The van der Waals surface area contributed by atoms with Crippen molar-refractivity contribution >= 4 is 55.6 Å². The van der Waals surface area contributed by atoms with Crippen LogP contribution in [0.2, 0.25) is 0 Å². The molecule has 0 amide bonds. The van der Waals surface area contributed by atoms with E-state index in [2.05, 4.69) is 108 Å². The van der Waals surface area contributed by atoms with E-state index in [4.69, 9.17) is 0 Å². The summed E-state index contributed by atoms with van der Waals surface area (Å²) in [6, 6.07) is 25.4. The Morgan fingerprint density at radius 1 is 0.433 bits per heavy atom. The van der Waals surface area contributed by atoms with Crippen LogP contribution in [-0.2, 0) is 0 Å². The molecule has 0 bridgehead atoms. The molecule has 30 heavy (non-hydrogen) atoms.